The Hall–Kier alpha value is 0.200. The van der Waals surface area contributed by atoms with E-state index >= 15 is 0 Å². The lowest BCUT2D eigenvalue weighted by atomic mass is 10.5. The molecule has 0 amide bonds. The van der Waals surface area contributed by atoms with Crippen molar-refractivity contribution in [3.8, 4) is 0 Å². The fourth-order valence-electron chi connectivity index (χ4n) is 0.431. The van der Waals surface area contributed by atoms with Gasteiger partial charge in [-0.2, -0.15) is 11.8 Å². The molecular formula is C6H13FO2S. The zero-order valence-electron chi connectivity index (χ0n) is 5.79. The van der Waals surface area contributed by atoms with Gasteiger partial charge in [0.25, 0.3) is 0 Å². The molecule has 0 rings (SSSR count). The van der Waals surface area contributed by atoms with E-state index in [1.54, 1.807) is 0 Å². The molecule has 0 aromatic heterocycles. The number of alkyl halides is 1. The van der Waals surface area contributed by atoms with E-state index in [9.17, 15) is 4.39 Å². The van der Waals surface area contributed by atoms with Crippen molar-refractivity contribution in [2.75, 3.05) is 24.8 Å². The molecule has 0 spiro atoms. The second-order valence-corrected chi connectivity index (χ2v) is 3.11. The van der Waals surface area contributed by atoms with Crippen LogP contribution < -0.4 is 0 Å². The number of aliphatic hydroxyl groups is 2. The van der Waals surface area contributed by atoms with Crippen molar-refractivity contribution >= 4 is 11.8 Å². The fourth-order valence-corrected chi connectivity index (χ4v) is 1.29. The van der Waals surface area contributed by atoms with Gasteiger partial charge in [-0.1, -0.05) is 0 Å². The van der Waals surface area contributed by atoms with E-state index in [1.165, 1.54) is 11.8 Å². The van der Waals surface area contributed by atoms with E-state index in [2.05, 4.69) is 0 Å². The first-order valence-corrected chi connectivity index (χ1v) is 4.39. The van der Waals surface area contributed by atoms with Crippen molar-refractivity contribution in [3.63, 3.8) is 0 Å². The summed E-state index contributed by atoms with van der Waals surface area (Å²) in [6.07, 6.45) is -0.118. The van der Waals surface area contributed by atoms with Crippen LogP contribution in [-0.4, -0.2) is 41.1 Å². The van der Waals surface area contributed by atoms with Gasteiger partial charge in [0, 0.05) is 12.4 Å². The number of aliphatic hydroxyl groups excluding tert-OH is 2. The Kier molecular flexibility index (Phi) is 7.45. The molecule has 0 aliphatic rings. The van der Waals surface area contributed by atoms with Crippen LogP contribution in [0.25, 0.3) is 0 Å². The van der Waals surface area contributed by atoms with E-state index in [1.807, 2.05) is 0 Å². The lowest BCUT2D eigenvalue weighted by molar-refractivity contribution is 0.162. The van der Waals surface area contributed by atoms with Crippen LogP contribution in [0.2, 0.25) is 0 Å². The van der Waals surface area contributed by atoms with E-state index in [-0.39, 0.29) is 6.61 Å². The van der Waals surface area contributed by atoms with Crippen molar-refractivity contribution in [2.45, 2.75) is 12.5 Å². The van der Waals surface area contributed by atoms with Crippen LogP contribution in [0.4, 0.5) is 4.39 Å². The van der Waals surface area contributed by atoms with Gasteiger partial charge in [-0.15, -0.1) is 0 Å². The Morgan fingerprint density at radius 2 is 2.20 bits per heavy atom. The first-order valence-electron chi connectivity index (χ1n) is 3.24. The highest BCUT2D eigenvalue weighted by molar-refractivity contribution is 7.99. The average molecular weight is 168 g/mol. The Morgan fingerprint density at radius 3 is 2.70 bits per heavy atom. The molecule has 0 saturated heterocycles. The van der Waals surface area contributed by atoms with Gasteiger partial charge in [0.2, 0.25) is 0 Å². The van der Waals surface area contributed by atoms with Gasteiger partial charge in [0.15, 0.2) is 0 Å². The molecule has 1 unspecified atom stereocenters. The molecule has 0 aliphatic heterocycles. The minimum absolute atomic E-state index is 0.165. The highest BCUT2D eigenvalue weighted by Crippen LogP contribution is 2.04. The Balaban J connectivity index is 2.89. The molecule has 1 atom stereocenters. The van der Waals surface area contributed by atoms with Gasteiger partial charge in [0.05, 0.1) is 6.10 Å². The van der Waals surface area contributed by atoms with Crippen molar-refractivity contribution in [2.24, 2.45) is 0 Å². The minimum atomic E-state index is -0.830. The Bertz CT molecular complexity index is 72.8. The highest BCUT2D eigenvalue weighted by Gasteiger charge is 2.01. The van der Waals surface area contributed by atoms with Crippen LogP contribution in [0, 0.1) is 0 Å². The molecule has 0 heterocycles. The molecule has 0 aromatic rings. The van der Waals surface area contributed by atoms with Crippen LogP contribution >= 0.6 is 11.8 Å². The first-order chi connectivity index (χ1) is 4.81. The largest absolute Gasteiger partial charge is 0.396 e. The molecule has 2 nitrogen and oxygen atoms in total. The number of hydrogen-bond donors (Lipinski definition) is 2. The molecule has 10 heavy (non-hydrogen) atoms. The summed E-state index contributed by atoms with van der Waals surface area (Å²) in [5.74, 6) is 1.21. The second-order valence-electron chi connectivity index (χ2n) is 1.96. The normalized spacial score (nSPS) is 13.5. The number of halogens is 1. The van der Waals surface area contributed by atoms with Gasteiger partial charge in [0.1, 0.15) is 6.67 Å². The van der Waals surface area contributed by atoms with Crippen molar-refractivity contribution in [3.05, 3.63) is 0 Å². The third kappa shape index (κ3) is 6.32. The van der Waals surface area contributed by atoms with Gasteiger partial charge < -0.3 is 10.2 Å². The van der Waals surface area contributed by atoms with Gasteiger partial charge in [-0.3, -0.25) is 0 Å². The van der Waals surface area contributed by atoms with E-state index in [0.717, 1.165) is 5.75 Å². The molecule has 2 N–H and O–H groups in total. The number of hydrogen-bond acceptors (Lipinski definition) is 3. The minimum Gasteiger partial charge on any atom is -0.396 e. The highest BCUT2D eigenvalue weighted by atomic mass is 32.2. The molecule has 0 radical (unpaired) electrons. The van der Waals surface area contributed by atoms with Crippen LogP contribution in [-0.2, 0) is 0 Å². The quantitative estimate of drug-likeness (QED) is 0.565. The third-order valence-corrected chi connectivity index (χ3v) is 2.13. The molecule has 0 fully saturated rings. The maximum atomic E-state index is 11.6. The van der Waals surface area contributed by atoms with Crippen molar-refractivity contribution in [1.82, 2.24) is 0 Å². The third-order valence-electron chi connectivity index (χ3n) is 0.935. The predicted octanol–water partition coefficient (Wildman–Crippen LogP) is 0.432. The predicted molar refractivity (Wildman–Crippen MR) is 41.0 cm³/mol. The van der Waals surface area contributed by atoms with Crippen LogP contribution in [0.15, 0.2) is 0 Å². The summed E-state index contributed by atoms with van der Waals surface area (Å²) in [5, 5.41) is 17.0. The van der Waals surface area contributed by atoms with E-state index in [0.29, 0.717) is 12.2 Å². The summed E-state index contributed by atoms with van der Waals surface area (Å²) >= 11 is 1.46. The second kappa shape index (κ2) is 7.31. The molecule has 0 aromatic carbocycles. The van der Waals surface area contributed by atoms with Gasteiger partial charge in [-0.05, 0) is 12.2 Å². The Morgan fingerprint density at radius 1 is 1.50 bits per heavy atom. The zero-order valence-corrected chi connectivity index (χ0v) is 6.61. The SMILES string of the molecule is OCCCSCC(O)CF. The summed E-state index contributed by atoms with van der Waals surface area (Å²) in [5.41, 5.74) is 0. The fraction of sp³-hybridized carbons (Fsp3) is 1.00. The lowest BCUT2D eigenvalue weighted by Crippen LogP contribution is -2.12. The lowest BCUT2D eigenvalue weighted by Gasteiger charge is -2.03. The summed E-state index contributed by atoms with van der Waals surface area (Å²) < 4.78 is 11.6. The maximum absolute atomic E-state index is 11.6. The number of thioether (sulfide) groups is 1. The summed E-state index contributed by atoms with van der Waals surface area (Å²) in [6.45, 7) is -0.509. The average Bonchev–Trinajstić information content (AvgIpc) is 1.98. The summed E-state index contributed by atoms with van der Waals surface area (Å²) in [4.78, 5) is 0. The van der Waals surface area contributed by atoms with Crippen molar-refractivity contribution < 1.29 is 14.6 Å². The van der Waals surface area contributed by atoms with E-state index < -0.39 is 12.8 Å². The van der Waals surface area contributed by atoms with Crippen molar-refractivity contribution in [1.29, 1.82) is 0 Å². The van der Waals surface area contributed by atoms with Crippen LogP contribution in [0.1, 0.15) is 6.42 Å². The van der Waals surface area contributed by atoms with Crippen LogP contribution in [0.3, 0.4) is 0 Å². The first kappa shape index (κ1) is 10.2. The monoisotopic (exact) mass is 168 g/mol. The van der Waals surface area contributed by atoms with E-state index in [4.69, 9.17) is 10.2 Å². The smallest absolute Gasteiger partial charge is 0.116 e. The summed E-state index contributed by atoms with van der Waals surface area (Å²) in [6, 6.07) is 0. The van der Waals surface area contributed by atoms with Gasteiger partial charge >= 0.3 is 0 Å². The molecule has 0 aliphatic carbocycles. The standard InChI is InChI=1S/C6H13FO2S/c7-4-6(9)5-10-3-1-2-8/h6,8-9H,1-5H2. The molecule has 0 bridgehead atoms. The van der Waals surface area contributed by atoms with Gasteiger partial charge in [-0.25, -0.2) is 4.39 Å². The molecule has 4 heteroatoms. The molecular weight excluding hydrogens is 155 g/mol. The zero-order chi connectivity index (χ0) is 7.82. The summed E-state index contributed by atoms with van der Waals surface area (Å²) in [7, 11) is 0. The van der Waals surface area contributed by atoms with Crippen LogP contribution in [0.5, 0.6) is 0 Å². The number of rotatable bonds is 6. The topological polar surface area (TPSA) is 40.5 Å². The molecule has 62 valence electrons. The maximum Gasteiger partial charge on any atom is 0.116 e. The molecule has 0 saturated carbocycles. The Labute approximate surface area is 64.4 Å².